The van der Waals surface area contributed by atoms with Crippen molar-refractivity contribution in [2.24, 2.45) is 0 Å². The molecule has 0 radical (unpaired) electrons. The predicted molar refractivity (Wildman–Crippen MR) is 90.0 cm³/mol. The van der Waals surface area contributed by atoms with Gasteiger partial charge in [0.25, 0.3) is 0 Å². The molecule has 2 aromatic rings. The van der Waals surface area contributed by atoms with E-state index < -0.39 is 10.2 Å². The summed E-state index contributed by atoms with van der Waals surface area (Å²) in [5.41, 5.74) is 1.99. The normalized spacial score (nSPS) is 8.96. The first-order valence-corrected chi connectivity index (χ1v) is 7.18. The van der Waals surface area contributed by atoms with Crippen molar-refractivity contribution in [3.63, 3.8) is 0 Å². The molecule has 0 spiro atoms. The number of rotatable bonds is 6. The maximum Gasteiger partial charge on any atom is 2.00 e. The van der Waals surface area contributed by atoms with Crippen molar-refractivity contribution >= 4 is 0 Å². The van der Waals surface area contributed by atoms with Crippen LogP contribution in [0, 0.1) is 30.6 Å². The summed E-state index contributed by atoms with van der Waals surface area (Å²) in [6, 6.07) is 11.6. The van der Waals surface area contributed by atoms with Gasteiger partial charge in [-0.15, -0.1) is 0 Å². The van der Waals surface area contributed by atoms with Crippen LogP contribution in [0.15, 0.2) is 48.8 Å². The molecule has 13 heteroatoms. The minimum absolute atomic E-state index is 0. The van der Waals surface area contributed by atoms with Gasteiger partial charge in [0.05, 0.1) is 10.2 Å². The molecule has 0 amide bonds. The zero-order valence-corrected chi connectivity index (χ0v) is 18.3. The van der Waals surface area contributed by atoms with Crippen molar-refractivity contribution in [1.29, 1.82) is 0 Å². The molecule has 0 bridgehead atoms. The number of hydrogen-bond acceptors (Lipinski definition) is 10. The average Bonchev–Trinajstić information content (AvgIpc) is 2.59. The van der Waals surface area contributed by atoms with Crippen molar-refractivity contribution < 1.29 is 42.7 Å². The minimum atomic E-state index is -1.75. The van der Waals surface area contributed by atoms with Gasteiger partial charge < -0.3 is 35.9 Å². The largest absolute Gasteiger partial charge is 2.00 e. The van der Waals surface area contributed by atoms with E-state index in [9.17, 15) is 5.21 Å². The Bertz CT molecular complexity index is 573. The summed E-state index contributed by atoms with van der Waals surface area (Å²) in [7, 11) is 0. The number of hydrogen-bond donors (Lipinski definition) is 1. The molecule has 0 saturated carbocycles. The number of pyridine rings is 2. The Morgan fingerprint density at radius 3 is 1.41 bits per heavy atom. The smallest absolute Gasteiger partial charge is 0.356 e. The van der Waals surface area contributed by atoms with Crippen LogP contribution < -0.4 is 0 Å². The predicted octanol–water partition coefficient (Wildman–Crippen LogP) is 1.47. The van der Waals surface area contributed by atoms with Crippen LogP contribution >= 0.6 is 0 Å². The molecule has 2 aromatic heterocycles. The van der Waals surface area contributed by atoms with E-state index in [1.807, 2.05) is 36.4 Å². The quantitative estimate of drug-likeness (QED) is 0.361. The first-order valence-electron chi connectivity index (χ1n) is 7.18. The molecule has 1 N–H and O–H groups in total. The molecule has 12 nitrogen and oxygen atoms in total. The van der Waals surface area contributed by atoms with Gasteiger partial charge in [-0.05, 0) is 24.3 Å². The maximum atomic E-state index is 9.75. The molecule has 0 aliphatic rings. The number of aromatic nitrogens is 2. The molecule has 2 rings (SSSR count). The Labute approximate surface area is 174 Å². The van der Waals surface area contributed by atoms with E-state index in [2.05, 4.69) is 9.97 Å². The zero-order valence-electron chi connectivity index (χ0n) is 14.3. The standard InChI is InChI=1S/C14H17N3O.Cd.2NO3/c18-17(11-7-13-5-1-3-9-15-13)12-8-14-6-2-4-10-16-14;;2*2-1(3)4/h1-6,9-10,18H,7-8,11-12H2;;;/q;+2;2*-1. The van der Waals surface area contributed by atoms with Crippen LogP contribution in [-0.4, -0.2) is 43.5 Å². The first kappa shape index (κ1) is 26.8. The van der Waals surface area contributed by atoms with Crippen molar-refractivity contribution in [3.05, 3.63) is 90.8 Å². The molecule has 0 aliphatic carbocycles. The third kappa shape index (κ3) is 19.7. The Morgan fingerprint density at radius 2 is 1.15 bits per heavy atom. The van der Waals surface area contributed by atoms with Crippen molar-refractivity contribution in [2.75, 3.05) is 13.1 Å². The molecule has 0 aromatic carbocycles. The average molecular weight is 480 g/mol. The first-order chi connectivity index (χ1) is 12.3. The van der Waals surface area contributed by atoms with Crippen LogP contribution in [0.25, 0.3) is 0 Å². The minimum Gasteiger partial charge on any atom is -0.356 e. The van der Waals surface area contributed by atoms with Crippen molar-refractivity contribution in [2.45, 2.75) is 12.8 Å². The van der Waals surface area contributed by atoms with Gasteiger partial charge in [-0.1, -0.05) is 12.1 Å². The Hall–Kier alpha value is -2.46. The molecule has 0 atom stereocenters. The molecule has 142 valence electrons. The Kier molecular flexibility index (Phi) is 16.8. The summed E-state index contributed by atoms with van der Waals surface area (Å²) in [5, 5.41) is 40.6. The maximum absolute atomic E-state index is 9.75. The van der Waals surface area contributed by atoms with Gasteiger partial charge in [0.2, 0.25) is 0 Å². The van der Waals surface area contributed by atoms with E-state index in [1.54, 1.807) is 12.4 Å². The van der Waals surface area contributed by atoms with E-state index in [0.717, 1.165) is 24.2 Å². The topological polar surface area (TPSA) is 182 Å². The summed E-state index contributed by atoms with van der Waals surface area (Å²) in [4.78, 5) is 24.9. The Morgan fingerprint density at radius 1 is 0.815 bits per heavy atom. The molecule has 27 heavy (non-hydrogen) atoms. The van der Waals surface area contributed by atoms with E-state index in [0.29, 0.717) is 13.1 Å². The fraction of sp³-hybridized carbons (Fsp3) is 0.286. The van der Waals surface area contributed by atoms with Crippen molar-refractivity contribution in [3.8, 4) is 0 Å². The van der Waals surface area contributed by atoms with E-state index >= 15 is 0 Å². The summed E-state index contributed by atoms with van der Waals surface area (Å²) < 4.78 is 0. The van der Waals surface area contributed by atoms with E-state index in [1.165, 1.54) is 5.06 Å². The number of nitrogens with zero attached hydrogens (tertiary/aromatic N) is 5. The molecule has 2 heterocycles. The van der Waals surface area contributed by atoms with Gasteiger partial charge in [0, 0.05) is 49.7 Å². The van der Waals surface area contributed by atoms with Crippen LogP contribution in [0.2, 0.25) is 0 Å². The van der Waals surface area contributed by atoms with Crippen LogP contribution in [0.5, 0.6) is 0 Å². The SMILES string of the molecule is O=[N+]([O-])[O-].O=[N+]([O-])[O-].ON(CCc1ccccn1)CCc1ccccn1.[Cd+2]. The van der Waals surface area contributed by atoms with Gasteiger partial charge in [0.15, 0.2) is 0 Å². The van der Waals surface area contributed by atoms with Gasteiger partial charge >= 0.3 is 27.3 Å². The van der Waals surface area contributed by atoms with Crippen LogP contribution in [-0.2, 0) is 40.1 Å². The molecular formula is C14H17CdN5O7. The number of hydroxylamine groups is 2. The van der Waals surface area contributed by atoms with Gasteiger partial charge in [-0.2, -0.15) is 5.06 Å². The summed E-state index contributed by atoms with van der Waals surface area (Å²) in [6.45, 7) is 1.17. The second-order valence-corrected chi connectivity index (χ2v) is 4.54. The molecule has 0 saturated heterocycles. The van der Waals surface area contributed by atoms with Gasteiger partial charge in [-0.3, -0.25) is 9.97 Å². The Balaban J connectivity index is 0. The second-order valence-electron chi connectivity index (χ2n) is 4.54. The third-order valence-corrected chi connectivity index (χ3v) is 2.70. The van der Waals surface area contributed by atoms with E-state index in [-0.39, 0.29) is 27.3 Å². The van der Waals surface area contributed by atoms with Crippen molar-refractivity contribution in [1.82, 2.24) is 15.0 Å². The summed E-state index contributed by atoms with van der Waals surface area (Å²) in [5.74, 6) is 0. The molecule has 0 fully saturated rings. The molecule has 0 aliphatic heterocycles. The van der Waals surface area contributed by atoms with Gasteiger partial charge in [0.1, 0.15) is 0 Å². The molecule has 0 unspecified atom stereocenters. The van der Waals surface area contributed by atoms with Crippen LogP contribution in [0.1, 0.15) is 11.4 Å². The van der Waals surface area contributed by atoms with Gasteiger partial charge in [-0.25, -0.2) is 0 Å². The van der Waals surface area contributed by atoms with E-state index in [4.69, 9.17) is 30.6 Å². The summed E-state index contributed by atoms with van der Waals surface area (Å²) in [6.07, 6.45) is 5.04. The second kappa shape index (κ2) is 17.0. The van der Waals surface area contributed by atoms with Crippen LogP contribution in [0.3, 0.4) is 0 Å². The fourth-order valence-electron chi connectivity index (χ4n) is 1.69. The fourth-order valence-corrected chi connectivity index (χ4v) is 1.69. The summed E-state index contributed by atoms with van der Waals surface area (Å²) >= 11 is 0. The van der Waals surface area contributed by atoms with Crippen LogP contribution in [0.4, 0.5) is 0 Å². The third-order valence-electron chi connectivity index (χ3n) is 2.70. The zero-order chi connectivity index (χ0) is 19.8. The molecular weight excluding hydrogens is 463 g/mol. The monoisotopic (exact) mass is 481 g/mol.